The molecule has 1 unspecified atom stereocenters. The van der Waals surface area contributed by atoms with Gasteiger partial charge in [0.25, 0.3) is 15.9 Å². The first-order valence-electron chi connectivity index (χ1n) is 15.7. The first-order chi connectivity index (χ1) is 22.7. The van der Waals surface area contributed by atoms with Gasteiger partial charge < -0.3 is 19.1 Å². The van der Waals surface area contributed by atoms with E-state index in [-0.39, 0.29) is 48.4 Å². The van der Waals surface area contributed by atoms with Crippen LogP contribution in [0.3, 0.4) is 0 Å². The first kappa shape index (κ1) is 34.7. The predicted octanol–water partition coefficient (Wildman–Crippen LogP) is 5.85. The average Bonchev–Trinajstić information content (AvgIpc) is 3.01. The number of methoxy groups -OCH3 is 1. The maximum atomic E-state index is 14.3. The second kappa shape index (κ2) is 14.2. The summed E-state index contributed by atoms with van der Waals surface area (Å²) in [6, 6.07) is 13.0. The molecular formula is C35H44N6O6S. The number of anilines is 1. The Kier molecular flexibility index (Phi) is 10.3. The number of nitrogens with one attached hydrogen (secondary N) is 1. The van der Waals surface area contributed by atoms with Crippen molar-refractivity contribution in [1.29, 1.82) is 0 Å². The third kappa shape index (κ3) is 8.45. The van der Waals surface area contributed by atoms with Gasteiger partial charge in [0.1, 0.15) is 18.5 Å². The monoisotopic (exact) mass is 676 g/mol. The molecule has 4 aromatic rings. The minimum absolute atomic E-state index is 0. The number of carbonyl (C=O) groups is 1. The number of rotatable bonds is 8. The molecule has 13 heteroatoms. The molecule has 2 aromatic carbocycles. The Morgan fingerprint density at radius 2 is 1.75 bits per heavy atom. The molecule has 0 radical (unpaired) electrons. The van der Waals surface area contributed by atoms with Crippen LogP contribution in [-0.2, 0) is 21.3 Å². The number of amides is 1. The van der Waals surface area contributed by atoms with Crippen molar-refractivity contribution >= 4 is 21.9 Å². The minimum Gasteiger partial charge on any atom is -0.485 e. The van der Waals surface area contributed by atoms with Crippen LogP contribution >= 0.6 is 0 Å². The predicted molar refractivity (Wildman–Crippen MR) is 184 cm³/mol. The van der Waals surface area contributed by atoms with Gasteiger partial charge in [-0.3, -0.25) is 4.79 Å². The van der Waals surface area contributed by atoms with Gasteiger partial charge in [-0.1, -0.05) is 45.0 Å². The molecule has 3 heterocycles. The highest BCUT2D eigenvalue weighted by atomic mass is 32.2. The van der Waals surface area contributed by atoms with Crippen LogP contribution in [-0.4, -0.2) is 71.6 Å². The number of carbonyl (C=O) groups excluding carboxylic acids is 1. The van der Waals surface area contributed by atoms with Crippen LogP contribution < -0.4 is 14.2 Å². The van der Waals surface area contributed by atoms with Crippen LogP contribution in [0.15, 0.2) is 65.8 Å². The number of fused-ring (bicyclic) bond motifs is 4. The topological polar surface area (TPSA) is 146 Å². The number of aromatic nitrogens is 4. The summed E-state index contributed by atoms with van der Waals surface area (Å²) in [6.07, 6.45) is 3.47. The molecule has 0 saturated heterocycles. The molecule has 4 bridgehead atoms. The SMILES string of the molecule is COCC(C)Oc1cnc(CN2C(=O)c3cccc(c3)S(=O)(=O)Nc3nc(cc(-c4c(C)cccc4C)n3)OC[C@H]2CC(C)(C)C)nc1.[HH]. The summed E-state index contributed by atoms with van der Waals surface area (Å²) in [7, 11) is -2.59. The Morgan fingerprint density at radius 1 is 1.06 bits per heavy atom. The highest BCUT2D eigenvalue weighted by Gasteiger charge is 2.32. The van der Waals surface area contributed by atoms with Gasteiger partial charge in [0.2, 0.25) is 11.8 Å². The molecule has 256 valence electrons. The van der Waals surface area contributed by atoms with Crippen molar-refractivity contribution in [3.05, 3.63) is 83.4 Å². The van der Waals surface area contributed by atoms with E-state index in [1.54, 1.807) is 36.5 Å². The largest absolute Gasteiger partial charge is 0.485 e. The minimum atomic E-state index is -4.19. The van der Waals surface area contributed by atoms with E-state index in [4.69, 9.17) is 14.2 Å². The van der Waals surface area contributed by atoms with E-state index in [1.165, 1.54) is 18.2 Å². The Morgan fingerprint density at radius 3 is 2.42 bits per heavy atom. The number of aryl methyl sites for hydroxylation is 2. The summed E-state index contributed by atoms with van der Waals surface area (Å²) in [5.74, 6) is 0.487. The molecule has 2 atom stereocenters. The van der Waals surface area contributed by atoms with Crippen LogP contribution in [0.2, 0.25) is 0 Å². The van der Waals surface area contributed by atoms with E-state index in [0.29, 0.717) is 30.3 Å². The van der Waals surface area contributed by atoms with E-state index in [9.17, 15) is 13.2 Å². The molecule has 0 fully saturated rings. The van der Waals surface area contributed by atoms with Crippen LogP contribution in [0.4, 0.5) is 5.95 Å². The summed E-state index contributed by atoms with van der Waals surface area (Å²) in [5, 5.41) is 0. The van der Waals surface area contributed by atoms with Crippen molar-refractivity contribution in [1.82, 2.24) is 24.8 Å². The van der Waals surface area contributed by atoms with Gasteiger partial charge in [0.15, 0.2) is 5.75 Å². The van der Waals surface area contributed by atoms with Crippen LogP contribution in [0.5, 0.6) is 11.6 Å². The molecule has 1 aliphatic rings. The number of hydrogen-bond donors (Lipinski definition) is 1. The summed E-state index contributed by atoms with van der Waals surface area (Å²) in [4.78, 5) is 33.9. The summed E-state index contributed by atoms with van der Waals surface area (Å²) >= 11 is 0. The standard InChI is InChI=1S/C35H42N6O6S.H2/c1-22-10-8-11-23(2)32(22)29-15-31-39-34(38-29)40-48(43,44)28-13-9-12-25(14-28)33(42)41(26(21-46-31)16-35(4,5)6)19-30-36-17-27(18-37-30)47-24(3)20-45-7;/h8-15,17-18,24,26H,16,19-21H2,1-7H3,(H,38,39,40);1H/t24?,26-;/m1./s1. The third-order valence-corrected chi connectivity index (χ3v) is 9.09. The van der Waals surface area contributed by atoms with Gasteiger partial charge >= 0.3 is 0 Å². The molecule has 0 saturated carbocycles. The lowest BCUT2D eigenvalue weighted by Crippen LogP contribution is -2.45. The molecule has 1 aliphatic heterocycles. The molecule has 0 spiro atoms. The van der Waals surface area contributed by atoms with Crippen molar-refractivity contribution in [2.45, 2.75) is 71.5 Å². The summed E-state index contributed by atoms with van der Waals surface area (Å²) < 4.78 is 47.1. The molecule has 5 rings (SSSR count). The fourth-order valence-corrected chi connectivity index (χ4v) is 6.67. The van der Waals surface area contributed by atoms with Crippen LogP contribution in [0, 0.1) is 19.3 Å². The highest BCUT2D eigenvalue weighted by Crippen LogP contribution is 2.31. The van der Waals surface area contributed by atoms with Crippen molar-refractivity contribution < 1.29 is 28.8 Å². The molecule has 0 aliphatic carbocycles. The zero-order valence-electron chi connectivity index (χ0n) is 28.4. The number of benzene rings is 2. The van der Waals surface area contributed by atoms with E-state index >= 15 is 0 Å². The summed E-state index contributed by atoms with van der Waals surface area (Å²) in [5.41, 5.74) is 3.25. The quantitative estimate of drug-likeness (QED) is 0.241. The molecule has 12 nitrogen and oxygen atoms in total. The van der Waals surface area contributed by atoms with Gasteiger partial charge in [0.05, 0.1) is 42.2 Å². The van der Waals surface area contributed by atoms with Crippen LogP contribution in [0.25, 0.3) is 11.3 Å². The van der Waals surface area contributed by atoms with Crippen LogP contribution in [0.1, 0.15) is 62.9 Å². The lowest BCUT2D eigenvalue weighted by atomic mass is 9.87. The average molecular weight is 677 g/mol. The zero-order chi connectivity index (χ0) is 34.6. The van der Waals surface area contributed by atoms with Gasteiger partial charge in [0, 0.05) is 25.7 Å². The third-order valence-electron chi connectivity index (χ3n) is 7.76. The lowest BCUT2D eigenvalue weighted by Gasteiger charge is -2.35. The van der Waals surface area contributed by atoms with Gasteiger partial charge in [-0.25, -0.2) is 28.1 Å². The molecule has 48 heavy (non-hydrogen) atoms. The highest BCUT2D eigenvalue weighted by molar-refractivity contribution is 7.92. The van der Waals surface area contributed by atoms with Gasteiger partial charge in [-0.15, -0.1) is 0 Å². The number of hydrogen-bond acceptors (Lipinski definition) is 10. The molecule has 1 N–H and O–H groups in total. The van der Waals surface area contributed by atoms with Crippen molar-refractivity contribution in [3.8, 4) is 22.9 Å². The summed E-state index contributed by atoms with van der Waals surface area (Å²) in [6.45, 7) is 12.6. The van der Waals surface area contributed by atoms with E-state index in [0.717, 1.165) is 16.7 Å². The maximum absolute atomic E-state index is 14.3. The van der Waals surface area contributed by atoms with Crippen molar-refractivity contribution in [2.24, 2.45) is 5.41 Å². The van der Waals surface area contributed by atoms with Crippen molar-refractivity contribution in [3.63, 3.8) is 0 Å². The number of sulfonamides is 1. The van der Waals surface area contributed by atoms with Gasteiger partial charge in [-0.05, 0) is 61.9 Å². The Hall–Kier alpha value is -4.62. The lowest BCUT2D eigenvalue weighted by molar-refractivity contribution is 0.0504. The molecule has 2 aromatic heterocycles. The fraction of sp³-hybridized carbons (Fsp3) is 0.400. The van der Waals surface area contributed by atoms with E-state index in [2.05, 4.69) is 45.4 Å². The fourth-order valence-electron chi connectivity index (χ4n) is 5.69. The Bertz CT molecular complexity index is 1860. The molecular weight excluding hydrogens is 632 g/mol. The normalized spacial score (nSPS) is 16.9. The van der Waals surface area contributed by atoms with E-state index < -0.39 is 22.0 Å². The van der Waals surface area contributed by atoms with Gasteiger partial charge in [-0.2, -0.15) is 4.98 Å². The number of nitrogens with zero attached hydrogens (tertiary/aromatic N) is 5. The second-order valence-electron chi connectivity index (χ2n) is 13.2. The number of ether oxygens (including phenoxy) is 3. The van der Waals surface area contributed by atoms with E-state index in [1.807, 2.05) is 39.0 Å². The zero-order valence-corrected chi connectivity index (χ0v) is 29.2. The molecule has 1 amide bonds. The Labute approximate surface area is 283 Å². The Balaban J connectivity index is 0.00000541. The second-order valence-corrected chi connectivity index (χ2v) is 14.9. The van der Waals surface area contributed by atoms with Crippen molar-refractivity contribution in [2.75, 3.05) is 25.0 Å². The maximum Gasteiger partial charge on any atom is 0.264 e. The smallest absolute Gasteiger partial charge is 0.264 e. The first-order valence-corrected chi connectivity index (χ1v) is 17.2.